The highest BCUT2D eigenvalue weighted by Gasteiger charge is 2.15. The summed E-state index contributed by atoms with van der Waals surface area (Å²) in [5.41, 5.74) is 7.16. The quantitative estimate of drug-likeness (QED) is 0.378. The molecule has 0 bridgehead atoms. The number of aliphatic hydroxyl groups excluding tert-OH is 1. The number of imidazole rings is 1. The second-order valence-electron chi connectivity index (χ2n) is 7.24. The Bertz CT molecular complexity index is 1190. The molecule has 0 fully saturated rings. The fraction of sp³-hybridized carbons (Fsp3) is 0.167. The zero-order valence-electron chi connectivity index (χ0n) is 16.6. The van der Waals surface area contributed by atoms with Crippen LogP contribution in [0.3, 0.4) is 0 Å². The number of rotatable bonds is 7. The van der Waals surface area contributed by atoms with Gasteiger partial charge in [0, 0.05) is 12.1 Å². The molecule has 4 N–H and O–H groups in total. The van der Waals surface area contributed by atoms with E-state index in [0.717, 1.165) is 39.1 Å². The second-order valence-corrected chi connectivity index (χ2v) is 7.24. The number of carbonyl (C=O) groups is 1. The number of carboxylic acids is 1. The molecule has 0 radical (unpaired) electrons. The van der Waals surface area contributed by atoms with Gasteiger partial charge in [0.05, 0.1) is 17.6 Å². The number of aromatic amines is 1. The van der Waals surface area contributed by atoms with Gasteiger partial charge in [-0.3, -0.25) is 10.1 Å². The van der Waals surface area contributed by atoms with Gasteiger partial charge in [-0.25, -0.2) is 4.98 Å². The highest BCUT2D eigenvalue weighted by molar-refractivity contribution is 5.83. The standard InChI is InChI=1S/C24H23N3O3/c1-15-18(17-6-3-2-4-7-17)8-5-9-19(15)23-26-20-11-10-16(12-21(20)27-23)13-25-22(14-28)24(29)30/h2-12,22,25,28H,13-14H2,1H3,(H,26,27)(H,29,30)/t22-/m0/s1. The van der Waals surface area contributed by atoms with Gasteiger partial charge in [0.15, 0.2) is 0 Å². The Morgan fingerprint density at radius 2 is 1.83 bits per heavy atom. The van der Waals surface area contributed by atoms with Crippen molar-refractivity contribution in [3.05, 3.63) is 77.9 Å². The van der Waals surface area contributed by atoms with Gasteiger partial charge in [-0.2, -0.15) is 0 Å². The van der Waals surface area contributed by atoms with Crippen molar-refractivity contribution in [2.75, 3.05) is 6.61 Å². The zero-order chi connectivity index (χ0) is 21.1. The second kappa shape index (κ2) is 8.49. The van der Waals surface area contributed by atoms with Gasteiger partial charge < -0.3 is 15.2 Å². The van der Waals surface area contributed by atoms with Gasteiger partial charge in [-0.05, 0) is 41.3 Å². The molecule has 4 rings (SSSR count). The van der Waals surface area contributed by atoms with Gasteiger partial charge in [-0.15, -0.1) is 0 Å². The van der Waals surface area contributed by atoms with Crippen LogP contribution in [0.5, 0.6) is 0 Å². The first-order valence-electron chi connectivity index (χ1n) is 9.78. The van der Waals surface area contributed by atoms with Crippen LogP contribution >= 0.6 is 0 Å². The number of aliphatic hydroxyl groups is 1. The predicted molar refractivity (Wildman–Crippen MR) is 117 cm³/mol. The van der Waals surface area contributed by atoms with Crippen molar-refractivity contribution in [3.8, 4) is 22.5 Å². The molecule has 0 amide bonds. The van der Waals surface area contributed by atoms with E-state index in [4.69, 9.17) is 15.2 Å². The van der Waals surface area contributed by atoms with Crippen LogP contribution in [0.2, 0.25) is 0 Å². The molecule has 6 heteroatoms. The van der Waals surface area contributed by atoms with Crippen molar-refractivity contribution in [2.45, 2.75) is 19.5 Å². The number of aromatic nitrogens is 2. The number of nitrogens with one attached hydrogen (secondary N) is 2. The van der Waals surface area contributed by atoms with E-state index in [0.29, 0.717) is 6.54 Å². The molecule has 3 aromatic carbocycles. The van der Waals surface area contributed by atoms with Crippen molar-refractivity contribution in [2.24, 2.45) is 0 Å². The highest BCUT2D eigenvalue weighted by atomic mass is 16.4. The van der Waals surface area contributed by atoms with Crippen LogP contribution in [0.15, 0.2) is 66.7 Å². The topological polar surface area (TPSA) is 98.2 Å². The van der Waals surface area contributed by atoms with E-state index in [1.54, 1.807) is 0 Å². The number of hydrogen-bond acceptors (Lipinski definition) is 4. The van der Waals surface area contributed by atoms with E-state index < -0.39 is 18.6 Å². The Kier molecular flexibility index (Phi) is 5.61. The van der Waals surface area contributed by atoms with Crippen molar-refractivity contribution >= 4 is 17.0 Å². The van der Waals surface area contributed by atoms with Crippen LogP contribution < -0.4 is 5.32 Å². The van der Waals surface area contributed by atoms with Crippen LogP contribution in [-0.4, -0.2) is 38.8 Å². The predicted octanol–water partition coefficient (Wildman–Crippen LogP) is 3.74. The molecule has 0 saturated heterocycles. The number of benzene rings is 3. The molecule has 0 aliphatic rings. The summed E-state index contributed by atoms with van der Waals surface area (Å²) in [7, 11) is 0. The molecule has 4 aromatic rings. The largest absolute Gasteiger partial charge is 0.480 e. The average Bonchev–Trinajstić information content (AvgIpc) is 3.18. The number of fused-ring (bicyclic) bond motifs is 1. The van der Waals surface area contributed by atoms with E-state index >= 15 is 0 Å². The highest BCUT2D eigenvalue weighted by Crippen LogP contribution is 2.31. The molecule has 0 aliphatic carbocycles. The van der Waals surface area contributed by atoms with E-state index in [-0.39, 0.29) is 0 Å². The molecule has 1 atom stereocenters. The van der Waals surface area contributed by atoms with Crippen LogP contribution in [0.4, 0.5) is 0 Å². The minimum absolute atomic E-state index is 0.338. The minimum Gasteiger partial charge on any atom is -0.480 e. The minimum atomic E-state index is -1.07. The maximum absolute atomic E-state index is 11.0. The Morgan fingerprint density at radius 1 is 1.07 bits per heavy atom. The van der Waals surface area contributed by atoms with Crippen molar-refractivity contribution in [1.82, 2.24) is 15.3 Å². The lowest BCUT2D eigenvalue weighted by Crippen LogP contribution is -2.39. The first-order chi connectivity index (χ1) is 14.6. The summed E-state index contributed by atoms with van der Waals surface area (Å²) in [4.78, 5) is 19.2. The SMILES string of the molecule is Cc1c(-c2ccccc2)cccc1-c1nc2ccc(CN[C@@H](CO)C(=O)O)cc2[nH]1. The third kappa shape index (κ3) is 3.96. The molecule has 1 aromatic heterocycles. The first kappa shape index (κ1) is 19.8. The Labute approximate surface area is 174 Å². The maximum atomic E-state index is 11.0. The average molecular weight is 401 g/mol. The van der Waals surface area contributed by atoms with Gasteiger partial charge in [0.2, 0.25) is 0 Å². The summed E-state index contributed by atoms with van der Waals surface area (Å²) in [6.45, 7) is 1.98. The molecule has 1 heterocycles. The molecule has 0 saturated carbocycles. The molecule has 6 nitrogen and oxygen atoms in total. The molecule has 0 spiro atoms. The fourth-order valence-electron chi connectivity index (χ4n) is 3.59. The van der Waals surface area contributed by atoms with Crippen LogP contribution in [-0.2, 0) is 11.3 Å². The summed E-state index contributed by atoms with van der Waals surface area (Å²) in [5, 5.41) is 21.0. The lowest BCUT2D eigenvalue weighted by Gasteiger charge is -2.11. The van der Waals surface area contributed by atoms with Crippen molar-refractivity contribution in [1.29, 1.82) is 0 Å². The lowest BCUT2D eigenvalue weighted by molar-refractivity contribution is -0.140. The summed E-state index contributed by atoms with van der Waals surface area (Å²) in [6, 6.07) is 21.3. The maximum Gasteiger partial charge on any atom is 0.323 e. The van der Waals surface area contributed by atoms with E-state index in [1.165, 1.54) is 5.56 Å². The Hall–Kier alpha value is -3.48. The lowest BCUT2D eigenvalue weighted by atomic mass is 9.96. The molecule has 152 valence electrons. The fourth-order valence-corrected chi connectivity index (χ4v) is 3.59. The number of H-pyrrole nitrogens is 1. The molecule has 30 heavy (non-hydrogen) atoms. The number of carboxylic acid groups (broad SMARTS) is 1. The van der Waals surface area contributed by atoms with Crippen LogP contribution in [0, 0.1) is 6.92 Å². The van der Waals surface area contributed by atoms with Gasteiger partial charge in [0.25, 0.3) is 0 Å². The Morgan fingerprint density at radius 3 is 2.57 bits per heavy atom. The summed E-state index contributed by atoms with van der Waals surface area (Å²) in [5.74, 6) is -0.277. The van der Waals surface area contributed by atoms with E-state index in [2.05, 4.69) is 41.5 Å². The molecular formula is C24H23N3O3. The summed E-state index contributed by atoms with van der Waals surface area (Å²) in [6.07, 6.45) is 0. The van der Waals surface area contributed by atoms with E-state index in [9.17, 15) is 4.79 Å². The third-order valence-corrected chi connectivity index (χ3v) is 5.25. The van der Waals surface area contributed by atoms with Crippen LogP contribution in [0.1, 0.15) is 11.1 Å². The zero-order valence-corrected chi connectivity index (χ0v) is 16.6. The number of hydrogen-bond donors (Lipinski definition) is 4. The van der Waals surface area contributed by atoms with Gasteiger partial charge in [-0.1, -0.05) is 54.6 Å². The van der Waals surface area contributed by atoms with Crippen molar-refractivity contribution < 1.29 is 15.0 Å². The first-order valence-corrected chi connectivity index (χ1v) is 9.78. The Balaban J connectivity index is 1.64. The number of aliphatic carboxylic acids is 1. The smallest absolute Gasteiger partial charge is 0.323 e. The molecular weight excluding hydrogens is 378 g/mol. The van der Waals surface area contributed by atoms with Crippen LogP contribution in [0.25, 0.3) is 33.5 Å². The summed E-state index contributed by atoms with van der Waals surface area (Å²) >= 11 is 0. The van der Waals surface area contributed by atoms with Crippen molar-refractivity contribution in [3.63, 3.8) is 0 Å². The van der Waals surface area contributed by atoms with Gasteiger partial charge >= 0.3 is 5.97 Å². The van der Waals surface area contributed by atoms with E-state index in [1.807, 2.05) is 42.5 Å². The number of nitrogens with zero attached hydrogens (tertiary/aromatic N) is 1. The van der Waals surface area contributed by atoms with Gasteiger partial charge in [0.1, 0.15) is 11.9 Å². The monoisotopic (exact) mass is 401 g/mol. The third-order valence-electron chi connectivity index (χ3n) is 5.25. The molecule has 0 aliphatic heterocycles. The molecule has 0 unspecified atom stereocenters. The normalized spacial score (nSPS) is 12.2. The summed E-state index contributed by atoms with van der Waals surface area (Å²) < 4.78 is 0.